The molecule has 1 saturated heterocycles. The minimum atomic E-state index is -0.0598. The van der Waals surface area contributed by atoms with Gasteiger partial charge in [-0.2, -0.15) is 0 Å². The lowest BCUT2D eigenvalue weighted by molar-refractivity contribution is -0.169. The average Bonchev–Trinajstić information content (AvgIpc) is 2.94. The topological polar surface area (TPSA) is 92.3 Å². The molecule has 1 heterocycles. The van der Waals surface area contributed by atoms with E-state index in [0.29, 0.717) is 106 Å². The van der Waals surface area contributed by atoms with Gasteiger partial charge in [-0.15, -0.1) is 0 Å². The van der Waals surface area contributed by atoms with Gasteiger partial charge in [-0.1, -0.05) is 18.2 Å². The van der Waals surface area contributed by atoms with E-state index in [1.165, 1.54) is 6.42 Å². The summed E-state index contributed by atoms with van der Waals surface area (Å²) in [5.74, 6) is 0.849. The maximum atomic E-state index is 5.60. The van der Waals surface area contributed by atoms with Gasteiger partial charge in [-0.25, -0.2) is 0 Å². The third-order valence-corrected chi connectivity index (χ3v) is 5.14. The van der Waals surface area contributed by atoms with Crippen molar-refractivity contribution in [3.05, 3.63) is 30.3 Å². The standard InChI is InChI=1S/C27H46O10/c1-2-6-26(7-3-1)35-24-22-33-20-18-31-16-14-29-12-10-28-11-13-30-15-17-32-19-21-34-23-25-37-27-8-4-5-9-36-27/h1-3,6-7,27H,4-5,8-25H2. The summed E-state index contributed by atoms with van der Waals surface area (Å²) in [7, 11) is 0. The zero-order chi connectivity index (χ0) is 25.9. The number of hydrogen-bond donors (Lipinski definition) is 0. The lowest BCUT2D eigenvalue weighted by Gasteiger charge is -2.22. The van der Waals surface area contributed by atoms with Gasteiger partial charge in [0.05, 0.1) is 99.1 Å². The van der Waals surface area contributed by atoms with Crippen LogP contribution >= 0.6 is 0 Å². The molecule has 0 bridgehead atoms. The number of hydrogen-bond acceptors (Lipinski definition) is 10. The van der Waals surface area contributed by atoms with E-state index in [9.17, 15) is 0 Å². The lowest BCUT2D eigenvalue weighted by Crippen LogP contribution is -2.24. The van der Waals surface area contributed by atoms with Crippen LogP contribution in [0.4, 0.5) is 0 Å². The summed E-state index contributed by atoms with van der Waals surface area (Å²) < 4.78 is 54.9. The van der Waals surface area contributed by atoms with Crippen molar-refractivity contribution in [1.82, 2.24) is 0 Å². The fourth-order valence-corrected chi connectivity index (χ4v) is 3.24. The van der Waals surface area contributed by atoms with Gasteiger partial charge in [0.15, 0.2) is 6.29 Å². The van der Waals surface area contributed by atoms with Gasteiger partial charge < -0.3 is 47.4 Å². The molecular formula is C27H46O10. The third-order valence-electron chi connectivity index (χ3n) is 5.14. The van der Waals surface area contributed by atoms with E-state index in [1.54, 1.807) is 0 Å². The highest BCUT2D eigenvalue weighted by molar-refractivity contribution is 5.20. The fourth-order valence-electron chi connectivity index (χ4n) is 3.24. The van der Waals surface area contributed by atoms with Crippen molar-refractivity contribution < 1.29 is 47.4 Å². The predicted octanol–water partition coefficient (Wildman–Crippen LogP) is 2.72. The van der Waals surface area contributed by atoms with Gasteiger partial charge >= 0.3 is 0 Å². The Morgan fingerprint density at radius 3 is 1.38 bits per heavy atom. The van der Waals surface area contributed by atoms with Gasteiger partial charge in [0, 0.05) is 6.61 Å². The lowest BCUT2D eigenvalue weighted by atomic mass is 10.2. The zero-order valence-corrected chi connectivity index (χ0v) is 22.2. The minimum absolute atomic E-state index is 0.0598. The van der Waals surface area contributed by atoms with E-state index in [1.807, 2.05) is 30.3 Å². The second kappa shape index (κ2) is 25.0. The van der Waals surface area contributed by atoms with Crippen molar-refractivity contribution in [2.45, 2.75) is 25.6 Å². The Hall–Kier alpha value is -1.34. The van der Waals surface area contributed by atoms with Gasteiger partial charge in [0.2, 0.25) is 0 Å². The number of para-hydroxylation sites is 1. The SMILES string of the molecule is c1ccc(OCCOCCOCCOCCOCCOCCOCCOCCOC2CCCCO2)cc1. The smallest absolute Gasteiger partial charge is 0.157 e. The van der Waals surface area contributed by atoms with Crippen LogP contribution in [0.3, 0.4) is 0 Å². The molecule has 0 aliphatic carbocycles. The Labute approximate surface area is 221 Å². The Morgan fingerprint density at radius 2 is 0.946 bits per heavy atom. The van der Waals surface area contributed by atoms with E-state index in [4.69, 9.17) is 47.4 Å². The molecule has 1 fully saturated rings. The number of ether oxygens (including phenoxy) is 10. The average molecular weight is 531 g/mol. The van der Waals surface area contributed by atoms with Crippen LogP contribution in [0.1, 0.15) is 19.3 Å². The molecule has 1 atom stereocenters. The van der Waals surface area contributed by atoms with Crippen LogP contribution in [0.25, 0.3) is 0 Å². The highest BCUT2D eigenvalue weighted by Gasteiger charge is 2.13. The molecule has 37 heavy (non-hydrogen) atoms. The molecule has 1 unspecified atom stereocenters. The normalized spacial score (nSPS) is 15.7. The largest absolute Gasteiger partial charge is 0.491 e. The first-order chi connectivity index (χ1) is 18.4. The first kappa shape index (κ1) is 31.9. The first-order valence-corrected chi connectivity index (χ1v) is 13.4. The fraction of sp³-hybridized carbons (Fsp3) is 0.778. The van der Waals surface area contributed by atoms with Crippen LogP contribution < -0.4 is 4.74 Å². The molecule has 214 valence electrons. The molecule has 1 aromatic carbocycles. The van der Waals surface area contributed by atoms with Gasteiger partial charge in [-0.05, 0) is 31.4 Å². The first-order valence-electron chi connectivity index (χ1n) is 13.4. The summed E-state index contributed by atoms with van der Waals surface area (Å²) in [4.78, 5) is 0. The van der Waals surface area contributed by atoms with Crippen LogP contribution in [-0.2, 0) is 42.6 Å². The molecular weight excluding hydrogens is 484 g/mol. The predicted molar refractivity (Wildman–Crippen MR) is 137 cm³/mol. The summed E-state index contributed by atoms with van der Waals surface area (Å²) in [6.07, 6.45) is 3.21. The maximum Gasteiger partial charge on any atom is 0.157 e. The van der Waals surface area contributed by atoms with Crippen molar-refractivity contribution in [3.8, 4) is 5.75 Å². The summed E-state index contributed by atoms with van der Waals surface area (Å²) in [5.41, 5.74) is 0. The zero-order valence-electron chi connectivity index (χ0n) is 22.2. The monoisotopic (exact) mass is 530 g/mol. The Balaban J connectivity index is 1.16. The summed E-state index contributed by atoms with van der Waals surface area (Å²) in [5, 5.41) is 0. The van der Waals surface area contributed by atoms with E-state index in [0.717, 1.165) is 25.2 Å². The van der Waals surface area contributed by atoms with E-state index >= 15 is 0 Å². The van der Waals surface area contributed by atoms with E-state index < -0.39 is 0 Å². The van der Waals surface area contributed by atoms with Crippen LogP contribution in [0.2, 0.25) is 0 Å². The molecule has 1 aliphatic heterocycles. The van der Waals surface area contributed by atoms with Crippen molar-refractivity contribution in [3.63, 3.8) is 0 Å². The second-order valence-corrected chi connectivity index (χ2v) is 8.12. The van der Waals surface area contributed by atoms with Crippen molar-refractivity contribution in [1.29, 1.82) is 0 Å². The second-order valence-electron chi connectivity index (χ2n) is 8.12. The Morgan fingerprint density at radius 1 is 0.514 bits per heavy atom. The molecule has 1 aromatic rings. The molecule has 0 N–H and O–H groups in total. The highest BCUT2D eigenvalue weighted by Crippen LogP contribution is 2.13. The van der Waals surface area contributed by atoms with Gasteiger partial charge in [0.1, 0.15) is 12.4 Å². The molecule has 10 heteroatoms. The molecule has 10 nitrogen and oxygen atoms in total. The summed E-state index contributed by atoms with van der Waals surface area (Å²) in [6.45, 7) is 9.33. The molecule has 0 spiro atoms. The molecule has 0 radical (unpaired) electrons. The number of rotatable bonds is 26. The van der Waals surface area contributed by atoms with Crippen molar-refractivity contribution >= 4 is 0 Å². The van der Waals surface area contributed by atoms with Gasteiger partial charge in [-0.3, -0.25) is 0 Å². The van der Waals surface area contributed by atoms with Gasteiger partial charge in [0.25, 0.3) is 0 Å². The highest BCUT2D eigenvalue weighted by atomic mass is 16.7. The quantitative estimate of drug-likeness (QED) is 0.167. The van der Waals surface area contributed by atoms with Crippen molar-refractivity contribution in [2.75, 3.05) is 112 Å². The van der Waals surface area contributed by atoms with E-state index in [2.05, 4.69) is 0 Å². The van der Waals surface area contributed by atoms with Crippen molar-refractivity contribution in [2.24, 2.45) is 0 Å². The Kier molecular flexibility index (Phi) is 21.5. The van der Waals surface area contributed by atoms with E-state index in [-0.39, 0.29) is 6.29 Å². The molecule has 0 amide bonds. The molecule has 2 rings (SSSR count). The van der Waals surface area contributed by atoms with Crippen LogP contribution in [0.15, 0.2) is 30.3 Å². The molecule has 1 aliphatic rings. The Bertz CT molecular complexity index is 586. The number of benzene rings is 1. The van der Waals surface area contributed by atoms with Crippen LogP contribution in [-0.4, -0.2) is 119 Å². The summed E-state index contributed by atoms with van der Waals surface area (Å²) in [6, 6.07) is 9.68. The molecule has 0 saturated carbocycles. The summed E-state index contributed by atoms with van der Waals surface area (Å²) >= 11 is 0. The van der Waals surface area contributed by atoms with Crippen LogP contribution in [0, 0.1) is 0 Å². The molecule has 0 aromatic heterocycles. The van der Waals surface area contributed by atoms with Crippen LogP contribution in [0.5, 0.6) is 5.75 Å². The maximum absolute atomic E-state index is 5.60. The third kappa shape index (κ3) is 20.3. The minimum Gasteiger partial charge on any atom is -0.491 e.